The van der Waals surface area contributed by atoms with Gasteiger partial charge >= 0.3 is 0 Å². The van der Waals surface area contributed by atoms with Gasteiger partial charge in [-0.15, -0.1) is 0 Å². The number of sulfonamides is 1. The highest BCUT2D eigenvalue weighted by atomic mass is 32.2. The average molecular weight is 483 g/mol. The second-order valence-corrected chi connectivity index (χ2v) is 9.87. The Balaban J connectivity index is 1.95. The molecule has 180 valence electrons. The Hall–Kier alpha value is -3.52. The van der Waals surface area contributed by atoms with E-state index in [0.717, 1.165) is 21.0 Å². The average Bonchev–Trinajstić information content (AvgIpc) is 2.83. The molecule has 0 aliphatic heterocycles. The number of amides is 1. The number of nitrogens with one attached hydrogen (secondary N) is 1. The Bertz CT molecular complexity index is 1260. The number of anilines is 1. The van der Waals surface area contributed by atoms with E-state index >= 15 is 0 Å². The molecule has 0 aliphatic carbocycles. The van der Waals surface area contributed by atoms with Crippen molar-refractivity contribution in [2.45, 2.75) is 31.7 Å². The summed E-state index contributed by atoms with van der Waals surface area (Å²) in [7, 11) is -1.12. The lowest BCUT2D eigenvalue weighted by Gasteiger charge is -2.26. The number of benzene rings is 3. The fraction of sp³-hybridized carbons (Fsp3) is 0.269. The Morgan fingerprint density at radius 3 is 2.29 bits per heavy atom. The standard InChI is InChI=1S/C26H30N2O5S/c1-18-10-11-19(2)23(16-18)20(3)27-26(29)17-28(24-8-6-7-9-25(24)33-5)34(30,31)22-14-12-21(32-4)13-15-22/h6-16,20H,17H2,1-5H3,(H,27,29). The van der Waals surface area contributed by atoms with Crippen LogP contribution in [0.25, 0.3) is 0 Å². The van der Waals surface area contributed by atoms with Gasteiger partial charge in [-0.05, 0) is 68.3 Å². The number of aryl methyl sites for hydroxylation is 2. The van der Waals surface area contributed by atoms with Gasteiger partial charge in [0.25, 0.3) is 10.0 Å². The van der Waals surface area contributed by atoms with Gasteiger partial charge in [0.1, 0.15) is 18.0 Å². The summed E-state index contributed by atoms with van der Waals surface area (Å²) in [5, 5.41) is 2.94. The quantitative estimate of drug-likeness (QED) is 0.489. The first kappa shape index (κ1) is 25.1. The number of rotatable bonds is 9. The van der Waals surface area contributed by atoms with E-state index < -0.39 is 22.5 Å². The molecule has 1 unspecified atom stereocenters. The minimum absolute atomic E-state index is 0.0367. The topological polar surface area (TPSA) is 84.9 Å². The summed E-state index contributed by atoms with van der Waals surface area (Å²) >= 11 is 0. The van der Waals surface area contributed by atoms with Gasteiger partial charge < -0.3 is 14.8 Å². The highest BCUT2D eigenvalue weighted by Gasteiger charge is 2.30. The van der Waals surface area contributed by atoms with Gasteiger partial charge in [0.05, 0.1) is 30.8 Å². The summed E-state index contributed by atoms with van der Waals surface area (Å²) in [5.74, 6) is 0.439. The van der Waals surface area contributed by atoms with Crippen LogP contribution in [0.4, 0.5) is 5.69 Å². The summed E-state index contributed by atoms with van der Waals surface area (Å²) in [6.45, 7) is 5.43. The van der Waals surface area contributed by atoms with Crippen molar-refractivity contribution in [1.29, 1.82) is 0 Å². The molecule has 0 spiro atoms. The lowest BCUT2D eigenvalue weighted by Crippen LogP contribution is -2.41. The van der Waals surface area contributed by atoms with Crippen LogP contribution in [0, 0.1) is 13.8 Å². The normalized spacial score (nSPS) is 12.0. The number of methoxy groups -OCH3 is 2. The number of para-hydroxylation sites is 2. The molecular weight excluding hydrogens is 452 g/mol. The molecule has 0 aliphatic rings. The van der Waals surface area contributed by atoms with Gasteiger partial charge in [-0.25, -0.2) is 8.42 Å². The highest BCUT2D eigenvalue weighted by molar-refractivity contribution is 7.92. The van der Waals surface area contributed by atoms with Crippen LogP contribution in [-0.2, 0) is 14.8 Å². The SMILES string of the molecule is COc1ccc(S(=O)(=O)N(CC(=O)NC(C)c2cc(C)ccc2C)c2ccccc2OC)cc1. The number of hydrogen-bond acceptors (Lipinski definition) is 5. The van der Waals surface area contributed by atoms with E-state index in [4.69, 9.17) is 9.47 Å². The zero-order chi connectivity index (χ0) is 24.9. The zero-order valence-electron chi connectivity index (χ0n) is 20.0. The van der Waals surface area contributed by atoms with Gasteiger partial charge in [-0.2, -0.15) is 0 Å². The third-order valence-electron chi connectivity index (χ3n) is 5.57. The van der Waals surface area contributed by atoms with E-state index in [1.54, 1.807) is 36.4 Å². The Morgan fingerprint density at radius 2 is 1.65 bits per heavy atom. The van der Waals surface area contributed by atoms with Crippen LogP contribution in [0.2, 0.25) is 0 Å². The minimum Gasteiger partial charge on any atom is -0.497 e. The Kier molecular flexibility index (Phi) is 7.83. The number of hydrogen-bond donors (Lipinski definition) is 1. The first-order valence-electron chi connectivity index (χ1n) is 10.8. The van der Waals surface area contributed by atoms with Crippen LogP contribution in [-0.4, -0.2) is 35.1 Å². The molecule has 7 nitrogen and oxygen atoms in total. The molecule has 1 amide bonds. The molecule has 0 heterocycles. The van der Waals surface area contributed by atoms with Crippen molar-refractivity contribution in [2.24, 2.45) is 0 Å². The molecule has 1 atom stereocenters. The summed E-state index contributed by atoms with van der Waals surface area (Å²) in [5.41, 5.74) is 3.39. The second kappa shape index (κ2) is 10.6. The molecule has 0 bridgehead atoms. The van der Waals surface area contributed by atoms with Crippen LogP contribution in [0.1, 0.15) is 29.7 Å². The maximum absolute atomic E-state index is 13.6. The van der Waals surface area contributed by atoms with Crippen molar-refractivity contribution in [3.05, 3.63) is 83.4 Å². The van der Waals surface area contributed by atoms with Gasteiger partial charge in [0, 0.05) is 0 Å². The number of nitrogens with zero attached hydrogens (tertiary/aromatic N) is 1. The van der Waals surface area contributed by atoms with Gasteiger partial charge in [-0.1, -0.05) is 35.9 Å². The van der Waals surface area contributed by atoms with E-state index in [2.05, 4.69) is 5.32 Å². The van der Waals surface area contributed by atoms with Crippen molar-refractivity contribution in [3.63, 3.8) is 0 Å². The number of ether oxygens (including phenoxy) is 2. The smallest absolute Gasteiger partial charge is 0.264 e. The van der Waals surface area contributed by atoms with Crippen molar-refractivity contribution >= 4 is 21.6 Å². The molecule has 8 heteroatoms. The number of carbonyl (C=O) groups excluding carboxylic acids is 1. The van der Waals surface area contributed by atoms with E-state index in [1.807, 2.05) is 39.0 Å². The second-order valence-electron chi connectivity index (χ2n) is 8.01. The predicted octanol–water partition coefficient (Wildman–Crippen LogP) is 4.39. The molecule has 34 heavy (non-hydrogen) atoms. The van der Waals surface area contributed by atoms with Crippen molar-refractivity contribution < 1.29 is 22.7 Å². The molecule has 3 aromatic carbocycles. The molecule has 0 fully saturated rings. The minimum atomic E-state index is -4.09. The van der Waals surface area contributed by atoms with E-state index in [0.29, 0.717) is 11.5 Å². The molecule has 3 rings (SSSR count). The molecule has 1 N–H and O–H groups in total. The van der Waals surface area contributed by atoms with Gasteiger partial charge in [0.15, 0.2) is 0 Å². The molecule has 0 saturated heterocycles. The Labute approximate surface area is 201 Å². The predicted molar refractivity (Wildman–Crippen MR) is 133 cm³/mol. The molecule has 0 aromatic heterocycles. The lowest BCUT2D eigenvalue weighted by atomic mass is 10.00. The fourth-order valence-electron chi connectivity index (χ4n) is 3.73. The number of carbonyl (C=O) groups is 1. The van der Waals surface area contributed by atoms with Crippen molar-refractivity contribution in [3.8, 4) is 11.5 Å². The van der Waals surface area contributed by atoms with E-state index in [-0.39, 0.29) is 16.6 Å². The third kappa shape index (κ3) is 5.51. The van der Waals surface area contributed by atoms with Crippen LogP contribution in [0.3, 0.4) is 0 Å². The maximum Gasteiger partial charge on any atom is 0.264 e. The molecule has 3 aromatic rings. The Morgan fingerprint density at radius 1 is 0.971 bits per heavy atom. The van der Waals surface area contributed by atoms with Crippen LogP contribution in [0.15, 0.2) is 71.6 Å². The van der Waals surface area contributed by atoms with Crippen molar-refractivity contribution in [2.75, 3.05) is 25.1 Å². The van der Waals surface area contributed by atoms with E-state index in [9.17, 15) is 13.2 Å². The van der Waals surface area contributed by atoms with Gasteiger partial charge in [-0.3, -0.25) is 9.10 Å². The van der Waals surface area contributed by atoms with Crippen LogP contribution in [0.5, 0.6) is 11.5 Å². The van der Waals surface area contributed by atoms with Crippen LogP contribution >= 0.6 is 0 Å². The third-order valence-corrected chi connectivity index (χ3v) is 7.34. The van der Waals surface area contributed by atoms with Crippen molar-refractivity contribution in [1.82, 2.24) is 5.32 Å². The lowest BCUT2D eigenvalue weighted by molar-refractivity contribution is -0.120. The van der Waals surface area contributed by atoms with Crippen LogP contribution < -0.4 is 19.1 Å². The van der Waals surface area contributed by atoms with Gasteiger partial charge in [0.2, 0.25) is 5.91 Å². The largest absolute Gasteiger partial charge is 0.497 e. The molecule has 0 radical (unpaired) electrons. The molecule has 0 saturated carbocycles. The molecular formula is C26H30N2O5S. The summed E-state index contributed by atoms with van der Waals surface area (Å²) in [4.78, 5) is 13.1. The highest BCUT2D eigenvalue weighted by Crippen LogP contribution is 2.32. The van der Waals surface area contributed by atoms with E-state index in [1.165, 1.54) is 26.4 Å². The first-order chi connectivity index (χ1) is 16.2. The first-order valence-corrected chi connectivity index (χ1v) is 12.3. The fourth-order valence-corrected chi connectivity index (χ4v) is 5.16. The summed E-state index contributed by atoms with van der Waals surface area (Å²) in [6.07, 6.45) is 0. The maximum atomic E-state index is 13.6. The monoisotopic (exact) mass is 482 g/mol. The zero-order valence-corrected chi connectivity index (χ0v) is 20.8. The summed E-state index contributed by atoms with van der Waals surface area (Å²) in [6, 6.07) is 18.5. The summed E-state index contributed by atoms with van der Waals surface area (Å²) < 4.78 is 38.9.